The molecule has 1 saturated heterocycles. The van der Waals surface area contributed by atoms with E-state index >= 15 is 0 Å². The zero-order valence-corrected chi connectivity index (χ0v) is 14.4. The van der Waals surface area contributed by atoms with Crippen molar-refractivity contribution in [2.45, 2.75) is 38.9 Å². The minimum Gasteiger partial charge on any atom is -0.445 e. The second kappa shape index (κ2) is 9.85. The van der Waals surface area contributed by atoms with Crippen LogP contribution >= 0.6 is 0 Å². The Labute approximate surface area is 146 Å². The molecule has 0 aliphatic carbocycles. The largest absolute Gasteiger partial charge is 0.445 e. The van der Waals surface area contributed by atoms with Crippen LogP contribution in [0.15, 0.2) is 30.3 Å². The van der Waals surface area contributed by atoms with Gasteiger partial charge < -0.3 is 29.6 Å². The molecule has 3 unspecified atom stereocenters. The molecule has 0 spiro atoms. The number of ether oxygens (including phenoxy) is 4. The number of carbonyl (C=O) groups is 2. The van der Waals surface area contributed by atoms with Crippen LogP contribution in [0.2, 0.25) is 0 Å². The van der Waals surface area contributed by atoms with Crippen molar-refractivity contribution in [3.63, 3.8) is 0 Å². The Kier molecular flexibility index (Phi) is 7.49. The fourth-order valence-electron chi connectivity index (χ4n) is 2.31. The van der Waals surface area contributed by atoms with E-state index < -0.39 is 30.6 Å². The number of cyclic esters (lactones) is 1. The number of nitrogens with one attached hydrogen (secondary N) is 2. The summed E-state index contributed by atoms with van der Waals surface area (Å²) in [6.07, 6.45) is -2.01. The van der Waals surface area contributed by atoms with Gasteiger partial charge in [-0.05, 0) is 19.4 Å². The second-order valence-electron chi connectivity index (χ2n) is 5.49. The van der Waals surface area contributed by atoms with Gasteiger partial charge in [0.15, 0.2) is 6.29 Å². The van der Waals surface area contributed by atoms with Crippen LogP contribution < -0.4 is 10.6 Å². The van der Waals surface area contributed by atoms with Gasteiger partial charge in [-0.25, -0.2) is 9.59 Å². The summed E-state index contributed by atoms with van der Waals surface area (Å²) < 4.78 is 21.0. The summed E-state index contributed by atoms with van der Waals surface area (Å²) >= 11 is 0. The van der Waals surface area contributed by atoms with Crippen LogP contribution in [-0.2, 0) is 25.6 Å². The van der Waals surface area contributed by atoms with Gasteiger partial charge in [0.05, 0.1) is 12.6 Å². The number of alkyl carbamates (subject to hydrolysis) is 2. The van der Waals surface area contributed by atoms with Crippen LogP contribution in [0.1, 0.15) is 19.4 Å². The molecule has 2 rings (SSSR count). The summed E-state index contributed by atoms with van der Waals surface area (Å²) in [4.78, 5) is 23.2. The average Bonchev–Trinajstić information content (AvgIpc) is 2.97. The predicted molar refractivity (Wildman–Crippen MR) is 88.9 cm³/mol. The maximum Gasteiger partial charge on any atom is 0.407 e. The Morgan fingerprint density at radius 1 is 1.32 bits per heavy atom. The molecule has 0 aromatic heterocycles. The number of benzene rings is 1. The van der Waals surface area contributed by atoms with Crippen molar-refractivity contribution in [1.29, 1.82) is 0 Å². The molecule has 8 heteroatoms. The number of hydrogen-bond donors (Lipinski definition) is 2. The number of rotatable bonds is 9. The van der Waals surface area contributed by atoms with Crippen LogP contribution in [-0.4, -0.2) is 50.4 Å². The van der Waals surface area contributed by atoms with Crippen molar-refractivity contribution in [2.75, 3.05) is 19.8 Å². The highest BCUT2D eigenvalue weighted by Crippen LogP contribution is 2.10. The second-order valence-corrected chi connectivity index (χ2v) is 5.49. The maximum atomic E-state index is 11.8. The summed E-state index contributed by atoms with van der Waals surface area (Å²) in [6, 6.07) is 8.97. The molecule has 138 valence electrons. The highest BCUT2D eigenvalue weighted by molar-refractivity contribution is 5.71. The third-order valence-electron chi connectivity index (χ3n) is 3.59. The summed E-state index contributed by atoms with van der Waals surface area (Å²) in [7, 11) is 0. The molecule has 3 atom stereocenters. The zero-order chi connectivity index (χ0) is 18.1. The van der Waals surface area contributed by atoms with E-state index in [1.807, 2.05) is 37.3 Å². The quantitative estimate of drug-likeness (QED) is 0.658. The first kappa shape index (κ1) is 19.0. The molecule has 8 nitrogen and oxygen atoms in total. The normalized spacial score (nSPS) is 20.5. The smallest absolute Gasteiger partial charge is 0.407 e. The van der Waals surface area contributed by atoms with E-state index in [-0.39, 0.29) is 19.8 Å². The summed E-state index contributed by atoms with van der Waals surface area (Å²) in [5.41, 5.74) is 0.895. The molecule has 0 saturated carbocycles. The van der Waals surface area contributed by atoms with E-state index in [1.54, 1.807) is 6.92 Å². The van der Waals surface area contributed by atoms with Gasteiger partial charge in [0, 0.05) is 13.2 Å². The molecule has 1 aliphatic rings. The average molecular weight is 352 g/mol. The van der Waals surface area contributed by atoms with Crippen molar-refractivity contribution in [3.8, 4) is 0 Å². The molecular formula is C17H24N2O6. The topological polar surface area (TPSA) is 95.1 Å². The van der Waals surface area contributed by atoms with Crippen LogP contribution in [0.25, 0.3) is 0 Å². The standard InChI is InChI=1S/C17H24N2O6/c1-3-22-12(2)23-11-15-14(19-17(21)25-15)9-18-16(20)24-10-13-7-5-4-6-8-13/h4-8,12,14-15H,3,9-11H2,1-2H3,(H,18,20)(H,19,21). The fraction of sp³-hybridized carbons (Fsp3) is 0.529. The van der Waals surface area contributed by atoms with Crippen molar-refractivity contribution >= 4 is 12.2 Å². The highest BCUT2D eigenvalue weighted by Gasteiger charge is 2.34. The lowest BCUT2D eigenvalue weighted by molar-refractivity contribution is -0.142. The van der Waals surface area contributed by atoms with E-state index in [9.17, 15) is 9.59 Å². The molecule has 0 radical (unpaired) electrons. The first-order valence-electron chi connectivity index (χ1n) is 8.23. The molecule has 1 aromatic carbocycles. The zero-order valence-electron chi connectivity index (χ0n) is 14.4. The first-order chi connectivity index (χ1) is 12.1. The third-order valence-corrected chi connectivity index (χ3v) is 3.59. The molecular weight excluding hydrogens is 328 g/mol. The van der Waals surface area contributed by atoms with Crippen molar-refractivity contribution in [2.24, 2.45) is 0 Å². The molecule has 1 heterocycles. The molecule has 1 aliphatic heterocycles. The van der Waals surface area contributed by atoms with Gasteiger partial charge in [0.2, 0.25) is 0 Å². The van der Waals surface area contributed by atoms with E-state index in [0.717, 1.165) is 5.56 Å². The van der Waals surface area contributed by atoms with Gasteiger partial charge in [0.1, 0.15) is 12.7 Å². The van der Waals surface area contributed by atoms with Crippen molar-refractivity contribution in [3.05, 3.63) is 35.9 Å². The van der Waals surface area contributed by atoms with E-state index in [4.69, 9.17) is 18.9 Å². The van der Waals surface area contributed by atoms with Gasteiger partial charge in [-0.15, -0.1) is 0 Å². The van der Waals surface area contributed by atoms with E-state index in [2.05, 4.69) is 10.6 Å². The molecule has 2 amide bonds. The molecule has 1 fully saturated rings. The maximum absolute atomic E-state index is 11.8. The third kappa shape index (κ3) is 6.60. The highest BCUT2D eigenvalue weighted by atomic mass is 16.7. The Balaban J connectivity index is 1.71. The minimum atomic E-state index is -0.563. The van der Waals surface area contributed by atoms with E-state index in [1.165, 1.54) is 0 Å². The lowest BCUT2D eigenvalue weighted by atomic mass is 10.2. The predicted octanol–water partition coefficient (Wildman–Crippen LogP) is 1.79. The molecule has 2 N–H and O–H groups in total. The SMILES string of the molecule is CCOC(C)OCC1OC(=O)NC1CNC(=O)OCc1ccccc1. The van der Waals surface area contributed by atoms with Crippen LogP contribution in [0.4, 0.5) is 9.59 Å². The summed E-state index contributed by atoms with van der Waals surface area (Å²) in [6.45, 7) is 4.69. The van der Waals surface area contributed by atoms with Crippen molar-refractivity contribution in [1.82, 2.24) is 10.6 Å². The number of carbonyl (C=O) groups excluding carboxylic acids is 2. The molecule has 25 heavy (non-hydrogen) atoms. The number of amides is 2. The summed E-state index contributed by atoms with van der Waals surface area (Å²) in [5.74, 6) is 0. The molecule has 1 aromatic rings. The van der Waals surface area contributed by atoms with Gasteiger partial charge in [-0.2, -0.15) is 0 Å². The Hall–Kier alpha value is -2.32. The van der Waals surface area contributed by atoms with Gasteiger partial charge in [-0.1, -0.05) is 30.3 Å². The van der Waals surface area contributed by atoms with Gasteiger partial charge >= 0.3 is 12.2 Å². The Bertz CT molecular complexity index is 553. The first-order valence-corrected chi connectivity index (χ1v) is 8.23. The lowest BCUT2D eigenvalue weighted by Gasteiger charge is -2.20. The van der Waals surface area contributed by atoms with Crippen LogP contribution in [0, 0.1) is 0 Å². The van der Waals surface area contributed by atoms with Crippen molar-refractivity contribution < 1.29 is 28.5 Å². The monoisotopic (exact) mass is 352 g/mol. The minimum absolute atomic E-state index is 0.172. The number of hydrogen-bond acceptors (Lipinski definition) is 6. The van der Waals surface area contributed by atoms with Crippen LogP contribution in [0.5, 0.6) is 0 Å². The fourth-order valence-corrected chi connectivity index (χ4v) is 2.31. The Morgan fingerprint density at radius 3 is 2.80 bits per heavy atom. The van der Waals surface area contributed by atoms with Gasteiger partial charge in [-0.3, -0.25) is 0 Å². The molecule has 0 bridgehead atoms. The Morgan fingerprint density at radius 2 is 2.08 bits per heavy atom. The lowest BCUT2D eigenvalue weighted by Crippen LogP contribution is -2.45. The summed E-state index contributed by atoms with van der Waals surface area (Å²) in [5, 5.41) is 5.25. The van der Waals surface area contributed by atoms with E-state index in [0.29, 0.717) is 6.61 Å². The van der Waals surface area contributed by atoms with Gasteiger partial charge in [0.25, 0.3) is 0 Å². The van der Waals surface area contributed by atoms with Crippen LogP contribution in [0.3, 0.4) is 0 Å².